The van der Waals surface area contributed by atoms with Gasteiger partial charge in [0.2, 0.25) is 0 Å². The second kappa shape index (κ2) is 7.12. The first-order chi connectivity index (χ1) is 8.80. The van der Waals surface area contributed by atoms with Gasteiger partial charge >= 0.3 is 0 Å². The molecule has 0 aromatic rings. The molecular weight excluding hydrogens is 234 g/mol. The molecule has 0 aromatic carbocycles. The van der Waals surface area contributed by atoms with E-state index >= 15 is 0 Å². The van der Waals surface area contributed by atoms with E-state index in [4.69, 9.17) is 0 Å². The van der Waals surface area contributed by atoms with Crippen LogP contribution >= 0.6 is 0 Å². The standard InChI is InChI=1S/C17H31NO/c1-13(12-15-10-8-6-7-9-11-15)18-16(14(2)19)17(3,4)5/h15-16,18H,1,6-12H2,2-5H3. The van der Waals surface area contributed by atoms with Crippen LogP contribution in [0, 0.1) is 11.3 Å². The summed E-state index contributed by atoms with van der Waals surface area (Å²) in [6.45, 7) is 12.1. The lowest BCUT2D eigenvalue weighted by Gasteiger charge is -2.31. The molecule has 1 saturated carbocycles. The number of ketones is 1. The predicted molar refractivity (Wildman–Crippen MR) is 82.0 cm³/mol. The third kappa shape index (κ3) is 5.80. The van der Waals surface area contributed by atoms with E-state index in [1.165, 1.54) is 38.5 Å². The van der Waals surface area contributed by atoms with Crippen molar-refractivity contribution in [1.29, 1.82) is 0 Å². The normalized spacial score (nSPS) is 19.6. The van der Waals surface area contributed by atoms with Crippen LogP contribution in [0.4, 0.5) is 0 Å². The number of rotatable bonds is 5. The number of nitrogens with one attached hydrogen (secondary N) is 1. The van der Waals surface area contributed by atoms with Gasteiger partial charge in [-0.15, -0.1) is 0 Å². The number of hydrogen-bond acceptors (Lipinski definition) is 2. The molecule has 1 aliphatic rings. The van der Waals surface area contributed by atoms with E-state index < -0.39 is 0 Å². The highest BCUT2D eigenvalue weighted by molar-refractivity contribution is 5.82. The fourth-order valence-electron chi connectivity index (χ4n) is 3.11. The fraction of sp³-hybridized carbons (Fsp3) is 0.824. The van der Waals surface area contributed by atoms with Crippen molar-refractivity contribution in [3.05, 3.63) is 12.3 Å². The molecule has 0 bridgehead atoms. The van der Waals surface area contributed by atoms with Crippen molar-refractivity contribution in [3.8, 4) is 0 Å². The van der Waals surface area contributed by atoms with E-state index in [1.807, 2.05) is 0 Å². The van der Waals surface area contributed by atoms with Gasteiger partial charge in [0, 0.05) is 5.70 Å². The monoisotopic (exact) mass is 265 g/mol. The molecule has 1 rings (SSSR count). The fourth-order valence-corrected chi connectivity index (χ4v) is 3.11. The van der Waals surface area contributed by atoms with Gasteiger partial charge in [-0.25, -0.2) is 0 Å². The van der Waals surface area contributed by atoms with E-state index in [0.717, 1.165) is 18.0 Å². The van der Waals surface area contributed by atoms with E-state index in [-0.39, 0.29) is 17.2 Å². The van der Waals surface area contributed by atoms with Crippen LogP contribution in [-0.2, 0) is 4.79 Å². The quantitative estimate of drug-likeness (QED) is 0.744. The van der Waals surface area contributed by atoms with Gasteiger partial charge in [0.25, 0.3) is 0 Å². The van der Waals surface area contributed by atoms with Crippen LogP contribution in [0.3, 0.4) is 0 Å². The topological polar surface area (TPSA) is 29.1 Å². The molecule has 0 saturated heterocycles. The summed E-state index contributed by atoms with van der Waals surface area (Å²) >= 11 is 0. The lowest BCUT2D eigenvalue weighted by Crippen LogP contribution is -2.45. The second-order valence-corrected chi connectivity index (χ2v) is 7.22. The van der Waals surface area contributed by atoms with Crippen molar-refractivity contribution in [1.82, 2.24) is 5.32 Å². The summed E-state index contributed by atoms with van der Waals surface area (Å²) in [6, 6.07) is -0.120. The van der Waals surface area contributed by atoms with Gasteiger partial charge in [-0.2, -0.15) is 0 Å². The highest BCUT2D eigenvalue weighted by atomic mass is 16.1. The van der Waals surface area contributed by atoms with Crippen LogP contribution < -0.4 is 5.32 Å². The average Bonchev–Trinajstić information content (AvgIpc) is 2.52. The molecule has 0 radical (unpaired) electrons. The molecule has 0 aromatic heterocycles. The Bertz CT molecular complexity index is 306. The van der Waals surface area contributed by atoms with Crippen molar-refractivity contribution in [2.45, 2.75) is 78.7 Å². The van der Waals surface area contributed by atoms with Crippen molar-refractivity contribution in [2.24, 2.45) is 11.3 Å². The number of allylic oxidation sites excluding steroid dienone is 1. The molecule has 0 heterocycles. The SMILES string of the molecule is C=C(CC1CCCCCC1)NC(C(C)=O)C(C)(C)C. The van der Waals surface area contributed by atoms with Crippen molar-refractivity contribution >= 4 is 5.78 Å². The minimum Gasteiger partial charge on any atom is -0.379 e. The maximum absolute atomic E-state index is 11.8. The first kappa shape index (κ1) is 16.3. The molecule has 2 heteroatoms. The molecule has 0 spiro atoms. The molecule has 1 unspecified atom stereocenters. The molecule has 110 valence electrons. The maximum Gasteiger partial charge on any atom is 0.152 e. The highest BCUT2D eigenvalue weighted by Crippen LogP contribution is 2.28. The van der Waals surface area contributed by atoms with Gasteiger partial charge in [-0.05, 0) is 24.7 Å². The predicted octanol–water partition coefficient (Wildman–Crippen LogP) is 4.45. The van der Waals surface area contributed by atoms with Gasteiger partial charge < -0.3 is 5.32 Å². The largest absolute Gasteiger partial charge is 0.379 e. The van der Waals surface area contributed by atoms with E-state index in [9.17, 15) is 4.79 Å². The summed E-state index contributed by atoms with van der Waals surface area (Å²) in [4.78, 5) is 11.8. The Morgan fingerprint density at radius 3 is 2.16 bits per heavy atom. The summed E-state index contributed by atoms with van der Waals surface area (Å²) in [5.74, 6) is 0.963. The van der Waals surface area contributed by atoms with Gasteiger partial charge in [0.1, 0.15) is 0 Å². The summed E-state index contributed by atoms with van der Waals surface area (Å²) in [5, 5.41) is 3.38. The second-order valence-electron chi connectivity index (χ2n) is 7.22. The molecule has 0 amide bonds. The van der Waals surface area contributed by atoms with E-state index in [0.29, 0.717) is 0 Å². The Kier molecular flexibility index (Phi) is 6.09. The highest BCUT2D eigenvalue weighted by Gasteiger charge is 2.29. The van der Waals surface area contributed by atoms with Crippen LogP contribution in [-0.4, -0.2) is 11.8 Å². The minimum atomic E-state index is -0.120. The molecule has 2 nitrogen and oxygen atoms in total. The maximum atomic E-state index is 11.8. The van der Waals surface area contributed by atoms with E-state index in [1.54, 1.807) is 6.92 Å². The number of carbonyl (C=O) groups excluding carboxylic acids is 1. The first-order valence-corrected chi connectivity index (χ1v) is 7.75. The number of hydrogen-bond donors (Lipinski definition) is 1. The number of Topliss-reactive ketones (excluding diaryl/α,β-unsaturated/α-hetero) is 1. The van der Waals surface area contributed by atoms with Gasteiger partial charge in [0.15, 0.2) is 5.78 Å². The van der Waals surface area contributed by atoms with Crippen LogP contribution in [0.5, 0.6) is 0 Å². The summed E-state index contributed by atoms with van der Waals surface area (Å²) < 4.78 is 0. The van der Waals surface area contributed by atoms with Crippen molar-refractivity contribution in [2.75, 3.05) is 0 Å². The Morgan fingerprint density at radius 2 is 1.74 bits per heavy atom. The third-order valence-electron chi connectivity index (χ3n) is 4.13. The van der Waals surface area contributed by atoms with Crippen LogP contribution in [0.15, 0.2) is 12.3 Å². The summed E-state index contributed by atoms with van der Waals surface area (Å²) in [7, 11) is 0. The molecule has 1 atom stereocenters. The molecule has 1 fully saturated rings. The molecule has 0 aliphatic heterocycles. The summed E-state index contributed by atoms with van der Waals surface area (Å²) in [6.07, 6.45) is 9.14. The Balaban J connectivity index is 2.50. The summed E-state index contributed by atoms with van der Waals surface area (Å²) in [5.41, 5.74) is 0.986. The Labute approximate surface area is 119 Å². The zero-order valence-electron chi connectivity index (χ0n) is 13.2. The minimum absolute atomic E-state index is 0.0573. The van der Waals surface area contributed by atoms with Gasteiger partial charge in [-0.1, -0.05) is 65.9 Å². The average molecular weight is 265 g/mol. The zero-order valence-corrected chi connectivity index (χ0v) is 13.2. The third-order valence-corrected chi connectivity index (χ3v) is 4.13. The van der Waals surface area contributed by atoms with Crippen molar-refractivity contribution in [3.63, 3.8) is 0 Å². The lowest BCUT2D eigenvalue weighted by molar-refractivity contribution is -0.121. The lowest BCUT2D eigenvalue weighted by atomic mass is 9.84. The molecule has 19 heavy (non-hydrogen) atoms. The molecular formula is C17H31NO. The Hall–Kier alpha value is -0.790. The first-order valence-electron chi connectivity index (χ1n) is 7.75. The van der Waals surface area contributed by atoms with Crippen LogP contribution in [0.2, 0.25) is 0 Å². The van der Waals surface area contributed by atoms with Crippen molar-refractivity contribution < 1.29 is 4.79 Å². The Morgan fingerprint density at radius 1 is 1.21 bits per heavy atom. The molecule has 1 N–H and O–H groups in total. The van der Waals surface area contributed by atoms with Crippen LogP contribution in [0.25, 0.3) is 0 Å². The van der Waals surface area contributed by atoms with Crippen LogP contribution in [0.1, 0.15) is 72.6 Å². The number of carbonyl (C=O) groups is 1. The molecule has 1 aliphatic carbocycles. The van der Waals surface area contributed by atoms with E-state index in [2.05, 4.69) is 32.7 Å². The smallest absolute Gasteiger partial charge is 0.152 e. The zero-order chi connectivity index (χ0) is 14.5. The van der Waals surface area contributed by atoms with Gasteiger partial charge in [0.05, 0.1) is 6.04 Å². The van der Waals surface area contributed by atoms with Gasteiger partial charge in [-0.3, -0.25) is 4.79 Å².